The highest BCUT2D eigenvalue weighted by Crippen LogP contribution is 2.45. The van der Waals surface area contributed by atoms with Gasteiger partial charge in [0.05, 0.1) is 0 Å². The summed E-state index contributed by atoms with van der Waals surface area (Å²) in [7, 11) is 0. The molecule has 1 aliphatic carbocycles. The van der Waals surface area contributed by atoms with Gasteiger partial charge >= 0.3 is 0 Å². The van der Waals surface area contributed by atoms with Gasteiger partial charge in [0, 0.05) is 0 Å². The molecule has 1 aromatic carbocycles. The second-order valence-electron chi connectivity index (χ2n) is 4.88. The summed E-state index contributed by atoms with van der Waals surface area (Å²) in [4.78, 5) is 0. The minimum atomic E-state index is 0.479. The summed E-state index contributed by atoms with van der Waals surface area (Å²) >= 11 is 0. The van der Waals surface area contributed by atoms with Crippen molar-refractivity contribution in [3.05, 3.63) is 41.8 Å². The zero-order valence-electron chi connectivity index (χ0n) is 9.92. The highest BCUT2D eigenvalue weighted by molar-refractivity contribution is 5.41. The van der Waals surface area contributed by atoms with E-state index in [-0.39, 0.29) is 0 Å². The standard InChI is InChI=1S/C15H21/c1-3-9-15(10-4-2)11-13-7-5-6-8-14(13)12-15/h5-8,11H,3-4,9-10,12H2,1-2H3. The van der Waals surface area contributed by atoms with E-state index in [4.69, 9.17) is 0 Å². The molecule has 0 heterocycles. The summed E-state index contributed by atoms with van der Waals surface area (Å²) < 4.78 is 0. The molecule has 0 amide bonds. The topological polar surface area (TPSA) is 0 Å². The summed E-state index contributed by atoms with van der Waals surface area (Å²) in [6.07, 6.45) is 9.08. The predicted octanol–water partition coefficient (Wildman–Crippen LogP) is 4.38. The molecule has 0 bridgehead atoms. The summed E-state index contributed by atoms with van der Waals surface area (Å²) in [5, 5.41) is 0. The Morgan fingerprint density at radius 3 is 2.33 bits per heavy atom. The van der Waals surface area contributed by atoms with Crippen LogP contribution in [0.5, 0.6) is 0 Å². The van der Waals surface area contributed by atoms with Gasteiger partial charge in [-0.1, -0.05) is 51.0 Å². The number of benzene rings is 1. The summed E-state index contributed by atoms with van der Waals surface area (Å²) in [5.41, 5.74) is 3.52. The molecule has 1 aromatic rings. The first kappa shape index (κ1) is 10.7. The largest absolute Gasteiger partial charge is 0.0654 e. The van der Waals surface area contributed by atoms with E-state index in [1.807, 2.05) is 0 Å². The average molecular weight is 201 g/mol. The zero-order chi connectivity index (χ0) is 10.7. The van der Waals surface area contributed by atoms with Crippen LogP contribution < -0.4 is 0 Å². The third-order valence-corrected chi connectivity index (χ3v) is 3.56. The van der Waals surface area contributed by atoms with Gasteiger partial charge in [-0.3, -0.25) is 0 Å². The zero-order valence-corrected chi connectivity index (χ0v) is 9.92. The van der Waals surface area contributed by atoms with Crippen molar-refractivity contribution in [3.8, 4) is 0 Å². The Labute approximate surface area is 93.7 Å². The molecule has 0 N–H and O–H groups in total. The lowest BCUT2D eigenvalue weighted by molar-refractivity contribution is 0.306. The smallest absolute Gasteiger partial charge is 0.00250 e. The van der Waals surface area contributed by atoms with Crippen LogP contribution in [-0.4, -0.2) is 0 Å². The van der Waals surface area contributed by atoms with E-state index in [9.17, 15) is 0 Å². The first-order chi connectivity index (χ1) is 7.29. The van der Waals surface area contributed by atoms with Crippen molar-refractivity contribution in [1.29, 1.82) is 0 Å². The van der Waals surface area contributed by atoms with Crippen LogP contribution in [0.15, 0.2) is 24.3 Å². The van der Waals surface area contributed by atoms with Gasteiger partial charge in [0.2, 0.25) is 0 Å². The Hall–Kier alpha value is -0.780. The van der Waals surface area contributed by atoms with Crippen LogP contribution in [0.3, 0.4) is 0 Å². The van der Waals surface area contributed by atoms with Crippen LogP contribution in [-0.2, 0) is 6.42 Å². The molecule has 0 aromatic heterocycles. The molecule has 2 rings (SSSR count). The van der Waals surface area contributed by atoms with Crippen molar-refractivity contribution in [3.63, 3.8) is 0 Å². The molecule has 0 saturated carbocycles. The van der Waals surface area contributed by atoms with E-state index in [0.29, 0.717) is 5.41 Å². The fourth-order valence-corrected chi connectivity index (χ4v) is 3.04. The highest BCUT2D eigenvalue weighted by Gasteiger charge is 2.35. The van der Waals surface area contributed by atoms with Crippen molar-refractivity contribution >= 4 is 0 Å². The Bertz CT molecular complexity index is 292. The van der Waals surface area contributed by atoms with Crippen LogP contribution in [0.4, 0.5) is 0 Å². The molecule has 15 heavy (non-hydrogen) atoms. The molecule has 0 aliphatic heterocycles. The fourth-order valence-electron chi connectivity index (χ4n) is 3.04. The third kappa shape index (κ3) is 2.09. The lowest BCUT2D eigenvalue weighted by Crippen LogP contribution is -2.19. The summed E-state index contributed by atoms with van der Waals surface area (Å²) in [6, 6.07) is 8.88. The molecule has 0 saturated heterocycles. The maximum atomic E-state index is 2.54. The molecule has 0 atom stereocenters. The van der Waals surface area contributed by atoms with Crippen LogP contribution in [0, 0.1) is 11.8 Å². The number of hydrogen-bond acceptors (Lipinski definition) is 0. The normalized spacial score (nSPS) is 17.7. The lowest BCUT2D eigenvalue weighted by atomic mass is 9.77. The first-order valence-corrected chi connectivity index (χ1v) is 6.23. The molecule has 1 aliphatic rings. The van der Waals surface area contributed by atoms with Crippen LogP contribution in [0.1, 0.15) is 50.7 Å². The Balaban J connectivity index is 2.19. The monoisotopic (exact) mass is 201 g/mol. The van der Waals surface area contributed by atoms with E-state index in [1.54, 1.807) is 5.56 Å². The van der Waals surface area contributed by atoms with Crippen LogP contribution in [0.25, 0.3) is 0 Å². The van der Waals surface area contributed by atoms with Crippen LogP contribution in [0.2, 0.25) is 0 Å². The van der Waals surface area contributed by atoms with E-state index in [0.717, 1.165) is 0 Å². The Morgan fingerprint density at radius 1 is 1.07 bits per heavy atom. The maximum Gasteiger partial charge on any atom is -0.00250 e. The quantitative estimate of drug-likeness (QED) is 0.678. The second-order valence-corrected chi connectivity index (χ2v) is 4.88. The molecule has 0 nitrogen and oxygen atoms in total. The third-order valence-electron chi connectivity index (χ3n) is 3.56. The lowest BCUT2D eigenvalue weighted by Gasteiger charge is -2.27. The molecule has 81 valence electrons. The van der Waals surface area contributed by atoms with Crippen molar-refractivity contribution in [1.82, 2.24) is 0 Å². The average Bonchev–Trinajstić information content (AvgIpc) is 2.56. The van der Waals surface area contributed by atoms with E-state index < -0.39 is 0 Å². The van der Waals surface area contributed by atoms with Gasteiger partial charge in [-0.2, -0.15) is 0 Å². The number of fused-ring (bicyclic) bond motifs is 1. The summed E-state index contributed by atoms with van der Waals surface area (Å²) in [5.74, 6) is 0. The Morgan fingerprint density at radius 2 is 1.73 bits per heavy atom. The van der Waals surface area contributed by atoms with Gasteiger partial charge < -0.3 is 0 Å². The number of rotatable bonds is 4. The van der Waals surface area contributed by atoms with E-state index in [2.05, 4.69) is 44.5 Å². The van der Waals surface area contributed by atoms with Gasteiger partial charge in [0.25, 0.3) is 0 Å². The van der Waals surface area contributed by atoms with Crippen molar-refractivity contribution in [2.45, 2.75) is 46.0 Å². The highest BCUT2D eigenvalue weighted by atomic mass is 14.4. The minimum absolute atomic E-state index is 0.479. The van der Waals surface area contributed by atoms with Crippen molar-refractivity contribution in [2.75, 3.05) is 0 Å². The molecule has 0 heteroatoms. The van der Waals surface area contributed by atoms with Crippen molar-refractivity contribution < 1.29 is 0 Å². The predicted molar refractivity (Wildman–Crippen MR) is 65.8 cm³/mol. The van der Waals surface area contributed by atoms with Gasteiger partial charge in [0.15, 0.2) is 0 Å². The molecular weight excluding hydrogens is 180 g/mol. The SMILES string of the molecule is CCCC1(CCC)[CH]c2ccccc2C1. The maximum absolute atomic E-state index is 2.54. The summed E-state index contributed by atoms with van der Waals surface area (Å²) in [6.45, 7) is 4.60. The molecule has 0 unspecified atom stereocenters. The van der Waals surface area contributed by atoms with Gasteiger partial charge in [-0.25, -0.2) is 0 Å². The molecular formula is C15H21. The molecule has 1 radical (unpaired) electrons. The fraction of sp³-hybridized carbons (Fsp3) is 0.533. The number of hydrogen-bond donors (Lipinski definition) is 0. The van der Waals surface area contributed by atoms with Gasteiger partial charge in [-0.15, -0.1) is 0 Å². The van der Waals surface area contributed by atoms with E-state index >= 15 is 0 Å². The van der Waals surface area contributed by atoms with Gasteiger partial charge in [-0.05, 0) is 42.2 Å². The molecule has 0 fully saturated rings. The van der Waals surface area contributed by atoms with E-state index in [1.165, 1.54) is 37.7 Å². The Kier molecular flexibility index (Phi) is 3.14. The second kappa shape index (κ2) is 4.38. The van der Waals surface area contributed by atoms with Crippen LogP contribution >= 0.6 is 0 Å². The minimum Gasteiger partial charge on any atom is -0.0654 e. The van der Waals surface area contributed by atoms with Crippen molar-refractivity contribution in [2.24, 2.45) is 5.41 Å². The first-order valence-electron chi connectivity index (χ1n) is 6.23. The molecule has 0 spiro atoms. The van der Waals surface area contributed by atoms with Gasteiger partial charge in [0.1, 0.15) is 0 Å².